The Morgan fingerprint density at radius 3 is 2.17 bits per heavy atom. The summed E-state index contributed by atoms with van der Waals surface area (Å²) in [5, 5.41) is 0. The third-order valence-corrected chi connectivity index (χ3v) is 1.64. The molecule has 0 aliphatic carbocycles. The van der Waals surface area contributed by atoms with E-state index < -0.39 is 17.7 Å². The summed E-state index contributed by atoms with van der Waals surface area (Å²) in [5.74, 6) is -1.93. The van der Waals surface area contributed by atoms with Crippen LogP contribution >= 0.6 is 0 Å². The largest absolute Gasteiger partial charge is 0.469 e. The van der Waals surface area contributed by atoms with Gasteiger partial charge in [0.15, 0.2) is 5.78 Å². The van der Waals surface area contributed by atoms with Crippen LogP contribution in [-0.2, 0) is 19.1 Å². The van der Waals surface area contributed by atoms with Crippen molar-refractivity contribution in [2.75, 3.05) is 7.11 Å². The van der Waals surface area contributed by atoms with Crippen LogP contribution in [-0.4, -0.2) is 24.6 Å². The van der Waals surface area contributed by atoms with Gasteiger partial charge in [-0.05, 0) is 13.8 Å². The first-order valence-electron chi connectivity index (χ1n) is 3.59. The number of ketones is 2. The Morgan fingerprint density at radius 2 is 1.83 bits per heavy atom. The van der Waals surface area contributed by atoms with E-state index in [1.807, 2.05) is 0 Å². The minimum Gasteiger partial charge on any atom is -0.469 e. The molecule has 0 heterocycles. The third kappa shape index (κ3) is 3.27. The highest BCUT2D eigenvalue weighted by Gasteiger charge is 2.20. The fourth-order valence-electron chi connectivity index (χ4n) is 0.594. The molecule has 4 heteroatoms. The van der Waals surface area contributed by atoms with Gasteiger partial charge < -0.3 is 4.74 Å². The van der Waals surface area contributed by atoms with Crippen LogP contribution in [0.25, 0.3) is 0 Å². The maximum atomic E-state index is 11.0. The number of Topliss-reactive ketones (excluding diaryl/α,β-unsaturated/α-hetero) is 2. The predicted octanol–water partition coefficient (Wildman–Crippen LogP) is 0.344. The minimum absolute atomic E-state index is 0.232. The van der Waals surface area contributed by atoms with Crippen molar-refractivity contribution in [2.24, 2.45) is 5.92 Å². The Balaban J connectivity index is 4.04. The van der Waals surface area contributed by atoms with Gasteiger partial charge in [0.25, 0.3) is 0 Å². The minimum atomic E-state index is -0.705. The van der Waals surface area contributed by atoms with Gasteiger partial charge >= 0.3 is 5.97 Å². The third-order valence-electron chi connectivity index (χ3n) is 1.64. The molecule has 68 valence electrons. The summed E-state index contributed by atoms with van der Waals surface area (Å²) in [7, 11) is 1.20. The highest BCUT2D eigenvalue weighted by molar-refractivity contribution is 6.07. The summed E-state index contributed by atoms with van der Waals surface area (Å²) in [5.41, 5.74) is 0. The van der Waals surface area contributed by atoms with Gasteiger partial charge in [-0.2, -0.15) is 0 Å². The van der Waals surface area contributed by atoms with Gasteiger partial charge in [-0.15, -0.1) is 0 Å². The molecule has 0 saturated heterocycles. The molecule has 0 rings (SSSR count). The van der Waals surface area contributed by atoms with E-state index in [-0.39, 0.29) is 12.2 Å². The van der Waals surface area contributed by atoms with Crippen LogP contribution in [0.15, 0.2) is 0 Å². The van der Waals surface area contributed by atoms with Crippen molar-refractivity contribution in [2.45, 2.75) is 20.3 Å². The van der Waals surface area contributed by atoms with Crippen molar-refractivity contribution in [3.05, 3.63) is 0 Å². The Labute approximate surface area is 70.9 Å². The lowest BCUT2D eigenvalue weighted by atomic mass is 10.0. The van der Waals surface area contributed by atoms with Crippen molar-refractivity contribution in [3.63, 3.8) is 0 Å². The molecule has 0 aliphatic rings. The quantitative estimate of drug-likeness (QED) is 0.453. The molecule has 0 aromatic carbocycles. The first-order chi connectivity index (χ1) is 5.49. The molecule has 0 aliphatic heterocycles. The first-order valence-corrected chi connectivity index (χ1v) is 3.59. The molecule has 0 fully saturated rings. The average Bonchev–Trinajstić information content (AvgIpc) is 2.02. The van der Waals surface area contributed by atoms with Gasteiger partial charge in [0, 0.05) is 0 Å². The molecule has 12 heavy (non-hydrogen) atoms. The Kier molecular flexibility index (Phi) is 4.18. The van der Waals surface area contributed by atoms with Crippen LogP contribution in [0.4, 0.5) is 0 Å². The standard InChI is InChI=1S/C8H12O4/c1-5(6(2)9)7(10)4-8(11)12-3/h5H,4H2,1-3H3/t5-/m1/s1. The molecule has 0 unspecified atom stereocenters. The predicted molar refractivity (Wildman–Crippen MR) is 41.5 cm³/mol. The second-order valence-corrected chi connectivity index (χ2v) is 2.55. The van der Waals surface area contributed by atoms with Gasteiger partial charge in [0.2, 0.25) is 0 Å². The van der Waals surface area contributed by atoms with Crippen LogP contribution in [0.5, 0.6) is 0 Å². The van der Waals surface area contributed by atoms with E-state index >= 15 is 0 Å². The average molecular weight is 172 g/mol. The molecule has 0 spiro atoms. The number of hydrogen-bond acceptors (Lipinski definition) is 4. The molecule has 0 N–H and O–H groups in total. The number of rotatable bonds is 4. The smallest absolute Gasteiger partial charge is 0.313 e. The summed E-state index contributed by atoms with van der Waals surface area (Å²) >= 11 is 0. The van der Waals surface area contributed by atoms with Gasteiger partial charge in [-0.1, -0.05) is 0 Å². The van der Waals surface area contributed by atoms with Crippen LogP contribution in [0.1, 0.15) is 20.3 Å². The molecule has 1 atom stereocenters. The fourth-order valence-corrected chi connectivity index (χ4v) is 0.594. The topological polar surface area (TPSA) is 60.4 Å². The summed E-state index contributed by atoms with van der Waals surface area (Å²) in [6, 6.07) is 0. The molecular weight excluding hydrogens is 160 g/mol. The molecule has 0 amide bonds. The lowest BCUT2D eigenvalue weighted by Gasteiger charge is -2.04. The highest BCUT2D eigenvalue weighted by Crippen LogP contribution is 2.02. The van der Waals surface area contributed by atoms with E-state index in [0.717, 1.165) is 0 Å². The van der Waals surface area contributed by atoms with Gasteiger partial charge in [0.05, 0.1) is 13.0 Å². The fraction of sp³-hybridized carbons (Fsp3) is 0.625. The number of hydrogen-bond donors (Lipinski definition) is 0. The zero-order valence-corrected chi connectivity index (χ0v) is 7.42. The Hall–Kier alpha value is -1.19. The molecule has 0 aromatic heterocycles. The number of ether oxygens (including phenoxy) is 1. The van der Waals surface area contributed by atoms with Gasteiger partial charge in [-0.25, -0.2) is 0 Å². The van der Waals surface area contributed by atoms with Gasteiger partial charge in [0.1, 0.15) is 12.2 Å². The van der Waals surface area contributed by atoms with Crippen LogP contribution in [0.3, 0.4) is 0 Å². The normalized spacial score (nSPS) is 11.9. The monoisotopic (exact) mass is 172 g/mol. The Bertz CT molecular complexity index is 207. The summed E-state index contributed by atoms with van der Waals surface area (Å²) in [6.07, 6.45) is -0.322. The zero-order valence-electron chi connectivity index (χ0n) is 7.42. The van der Waals surface area contributed by atoms with E-state index in [4.69, 9.17) is 0 Å². The molecular formula is C8H12O4. The van der Waals surface area contributed by atoms with E-state index in [1.54, 1.807) is 0 Å². The number of carbonyl (C=O) groups excluding carboxylic acids is 3. The van der Waals surface area contributed by atoms with Gasteiger partial charge in [-0.3, -0.25) is 14.4 Å². The number of esters is 1. The van der Waals surface area contributed by atoms with E-state index in [9.17, 15) is 14.4 Å². The number of methoxy groups -OCH3 is 1. The second-order valence-electron chi connectivity index (χ2n) is 2.55. The lowest BCUT2D eigenvalue weighted by molar-refractivity contribution is -0.144. The van der Waals surface area contributed by atoms with Crippen LogP contribution in [0.2, 0.25) is 0 Å². The first kappa shape index (κ1) is 10.8. The molecule has 0 bridgehead atoms. The lowest BCUT2D eigenvalue weighted by Crippen LogP contribution is -2.21. The highest BCUT2D eigenvalue weighted by atomic mass is 16.5. The van der Waals surface area contributed by atoms with Crippen molar-refractivity contribution >= 4 is 17.5 Å². The second kappa shape index (κ2) is 4.64. The van der Waals surface area contributed by atoms with Crippen LogP contribution < -0.4 is 0 Å². The molecule has 0 aromatic rings. The summed E-state index contributed by atoms with van der Waals surface area (Å²) < 4.78 is 4.28. The zero-order chi connectivity index (χ0) is 9.72. The van der Waals surface area contributed by atoms with Crippen molar-refractivity contribution < 1.29 is 19.1 Å². The number of carbonyl (C=O) groups is 3. The molecule has 0 saturated carbocycles. The Morgan fingerprint density at radius 1 is 1.33 bits per heavy atom. The maximum absolute atomic E-state index is 11.0. The van der Waals surface area contributed by atoms with Crippen molar-refractivity contribution in [1.82, 2.24) is 0 Å². The van der Waals surface area contributed by atoms with E-state index in [1.165, 1.54) is 21.0 Å². The van der Waals surface area contributed by atoms with Crippen molar-refractivity contribution in [1.29, 1.82) is 0 Å². The SMILES string of the molecule is COC(=O)CC(=O)[C@H](C)C(C)=O. The maximum Gasteiger partial charge on any atom is 0.313 e. The van der Waals surface area contributed by atoms with Crippen LogP contribution in [0, 0.1) is 5.92 Å². The van der Waals surface area contributed by atoms with E-state index in [2.05, 4.69) is 4.74 Å². The summed E-state index contributed by atoms with van der Waals surface area (Å²) in [6.45, 7) is 2.80. The molecule has 0 radical (unpaired) electrons. The van der Waals surface area contributed by atoms with E-state index in [0.29, 0.717) is 0 Å². The van der Waals surface area contributed by atoms with Crippen molar-refractivity contribution in [3.8, 4) is 0 Å². The molecule has 4 nitrogen and oxygen atoms in total. The summed E-state index contributed by atoms with van der Waals surface area (Å²) in [4.78, 5) is 32.3.